The molecule has 1 fully saturated rings. The van der Waals surface area contributed by atoms with Gasteiger partial charge in [0.25, 0.3) is 5.56 Å². The minimum atomic E-state index is -0.478. The normalized spacial score (nSPS) is 14.1. The lowest BCUT2D eigenvalue weighted by Gasteiger charge is -2.08. The van der Waals surface area contributed by atoms with Gasteiger partial charge in [-0.05, 0) is 38.1 Å². The van der Waals surface area contributed by atoms with Crippen molar-refractivity contribution in [1.29, 1.82) is 5.26 Å². The molecule has 5 nitrogen and oxygen atoms in total. The molecule has 5 heteroatoms. The first-order valence-corrected chi connectivity index (χ1v) is 7.08. The highest BCUT2D eigenvalue weighted by atomic mass is 16.3. The molecular formula is C16H19N3O2. The Balaban J connectivity index is 0.000000225. The molecule has 1 aromatic heterocycles. The molecule has 0 radical (unpaired) electrons. The van der Waals surface area contributed by atoms with Gasteiger partial charge in [-0.2, -0.15) is 5.26 Å². The Bertz CT molecular complexity index is 713. The maximum Gasteiger partial charge on any atom is 0.272 e. The summed E-state index contributed by atoms with van der Waals surface area (Å²) >= 11 is 0. The van der Waals surface area contributed by atoms with Gasteiger partial charge in [-0.1, -0.05) is 18.6 Å². The molecule has 110 valence electrons. The molecule has 1 aliphatic heterocycles. The quantitative estimate of drug-likeness (QED) is 0.774. The lowest BCUT2D eigenvalue weighted by Crippen LogP contribution is -2.21. The van der Waals surface area contributed by atoms with E-state index in [0.29, 0.717) is 10.9 Å². The molecule has 1 aliphatic rings. The van der Waals surface area contributed by atoms with E-state index < -0.39 is 5.56 Å². The Morgan fingerprint density at radius 1 is 1.24 bits per heavy atom. The van der Waals surface area contributed by atoms with Crippen molar-refractivity contribution >= 4 is 10.9 Å². The van der Waals surface area contributed by atoms with Crippen LogP contribution in [0.3, 0.4) is 0 Å². The zero-order valence-corrected chi connectivity index (χ0v) is 12.1. The molecule has 0 bridgehead atoms. The molecule has 21 heavy (non-hydrogen) atoms. The Kier molecular flexibility index (Phi) is 4.96. The van der Waals surface area contributed by atoms with Crippen LogP contribution in [-0.2, 0) is 7.05 Å². The van der Waals surface area contributed by atoms with Crippen LogP contribution < -0.4 is 10.9 Å². The van der Waals surface area contributed by atoms with Crippen LogP contribution in [0.25, 0.3) is 10.9 Å². The van der Waals surface area contributed by atoms with Crippen LogP contribution >= 0.6 is 0 Å². The smallest absolute Gasteiger partial charge is 0.272 e. The number of piperidine rings is 1. The van der Waals surface area contributed by atoms with Crippen LogP contribution in [0.4, 0.5) is 0 Å². The number of pyridine rings is 1. The van der Waals surface area contributed by atoms with Crippen molar-refractivity contribution in [2.75, 3.05) is 13.1 Å². The van der Waals surface area contributed by atoms with Crippen LogP contribution in [0.2, 0.25) is 0 Å². The zero-order chi connectivity index (χ0) is 15.2. The topological polar surface area (TPSA) is 78.0 Å². The first-order chi connectivity index (χ1) is 10.2. The largest absolute Gasteiger partial charge is 0.506 e. The molecule has 3 rings (SSSR count). The van der Waals surface area contributed by atoms with E-state index in [4.69, 9.17) is 5.26 Å². The summed E-state index contributed by atoms with van der Waals surface area (Å²) in [7, 11) is 1.57. The third kappa shape index (κ3) is 3.23. The molecular weight excluding hydrogens is 266 g/mol. The van der Waals surface area contributed by atoms with Crippen molar-refractivity contribution in [3.63, 3.8) is 0 Å². The summed E-state index contributed by atoms with van der Waals surface area (Å²) in [6, 6.07) is 8.62. The predicted octanol–water partition coefficient (Wildman–Crippen LogP) is 1.88. The second-order valence-electron chi connectivity index (χ2n) is 5.03. The van der Waals surface area contributed by atoms with E-state index in [-0.39, 0.29) is 11.3 Å². The Morgan fingerprint density at radius 3 is 2.43 bits per heavy atom. The molecule has 0 spiro atoms. The summed E-state index contributed by atoms with van der Waals surface area (Å²) < 4.78 is 1.35. The third-order valence-electron chi connectivity index (χ3n) is 3.59. The van der Waals surface area contributed by atoms with Crippen LogP contribution in [0.15, 0.2) is 29.1 Å². The summed E-state index contributed by atoms with van der Waals surface area (Å²) in [5, 5.41) is 22.3. The van der Waals surface area contributed by atoms with Gasteiger partial charge in [0, 0.05) is 12.4 Å². The number of aryl methyl sites for hydroxylation is 1. The van der Waals surface area contributed by atoms with Gasteiger partial charge in [0.1, 0.15) is 11.8 Å². The third-order valence-corrected chi connectivity index (χ3v) is 3.59. The molecule has 1 aromatic carbocycles. The number of nitrogens with one attached hydrogen (secondary N) is 1. The van der Waals surface area contributed by atoms with E-state index in [9.17, 15) is 9.90 Å². The lowest BCUT2D eigenvalue weighted by molar-refractivity contribution is 0.477. The summed E-state index contributed by atoms with van der Waals surface area (Å²) in [5.74, 6) is -0.240. The summed E-state index contributed by atoms with van der Waals surface area (Å²) in [6.45, 7) is 2.50. The molecule has 2 N–H and O–H groups in total. The Morgan fingerprint density at radius 2 is 1.90 bits per heavy atom. The van der Waals surface area contributed by atoms with Crippen molar-refractivity contribution in [1.82, 2.24) is 9.88 Å². The van der Waals surface area contributed by atoms with E-state index in [2.05, 4.69) is 5.32 Å². The second-order valence-corrected chi connectivity index (χ2v) is 5.03. The number of aromatic hydroxyl groups is 1. The number of nitriles is 1. The SMILES string of the molecule is C1CCNCC1.Cn1c(=O)c(C#N)c(O)c2ccccc21. The number of nitrogens with zero attached hydrogens (tertiary/aromatic N) is 2. The fraction of sp³-hybridized carbons (Fsp3) is 0.375. The van der Waals surface area contributed by atoms with E-state index >= 15 is 0 Å². The number of benzene rings is 1. The van der Waals surface area contributed by atoms with Gasteiger partial charge < -0.3 is 15.0 Å². The highest BCUT2D eigenvalue weighted by molar-refractivity contribution is 5.87. The summed E-state index contributed by atoms with van der Waals surface area (Å²) in [4.78, 5) is 11.6. The maximum atomic E-state index is 11.6. The predicted molar refractivity (Wildman–Crippen MR) is 82.3 cm³/mol. The molecule has 0 atom stereocenters. The maximum absolute atomic E-state index is 11.6. The van der Waals surface area contributed by atoms with Crippen molar-refractivity contribution in [2.45, 2.75) is 19.3 Å². The van der Waals surface area contributed by atoms with E-state index in [1.54, 1.807) is 37.4 Å². The monoisotopic (exact) mass is 285 g/mol. The van der Waals surface area contributed by atoms with Crippen molar-refractivity contribution < 1.29 is 5.11 Å². The van der Waals surface area contributed by atoms with Crippen molar-refractivity contribution in [3.05, 3.63) is 40.2 Å². The van der Waals surface area contributed by atoms with Gasteiger partial charge in [-0.3, -0.25) is 4.79 Å². The fourth-order valence-corrected chi connectivity index (χ4v) is 2.38. The summed E-state index contributed by atoms with van der Waals surface area (Å²) in [5.41, 5.74) is -0.0797. The highest BCUT2D eigenvalue weighted by Crippen LogP contribution is 2.24. The first kappa shape index (κ1) is 15.1. The fourth-order valence-electron chi connectivity index (χ4n) is 2.38. The average molecular weight is 285 g/mol. The number of hydrogen-bond donors (Lipinski definition) is 2. The Labute approximate surface area is 123 Å². The Hall–Kier alpha value is -2.32. The standard InChI is InChI=1S/C11H8N2O2.C5H11N/c1-13-9-5-3-2-4-7(9)10(14)8(6-12)11(13)15;1-2-4-6-5-3-1/h2-5,14H,1H3;6H,1-5H2. The van der Waals surface area contributed by atoms with Crippen LogP contribution in [0.5, 0.6) is 5.75 Å². The molecule has 0 amide bonds. The first-order valence-electron chi connectivity index (χ1n) is 7.08. The second kappa shape index (κ2) is 6.91. The highest BCUT2D eigenvalue weighted by Gasteiger charge is 2.12. The molecule has 0 saturated carbocycles. The van der Waals surface area contributed by atoms with Crippen molar-refractivity contribution in [2.24, 2.45) is 7.05 Å². The molecule has 0 aliphatic carbocycles. The van der Waals surface area contributed by atoms with Crippen molar-refractivity contribution in [3.8, 4) is 11.8 Å². The van der Waals surface area contributed by atoms with Crippen LogP contribution in [-0.4, -0.2) is 22.8 Å². The minimum absolute atomic E-state index is 0.212. The van der Waals surface area contributed by atoms with Gasteiger partial charge in [-0.15, -0.1) is 0 Å². The number of hydrogen-bond acceptors (Lipinski definition) is 4. The molecule has 1 saturated heterocycles. The molecule has 0 unspecified atom stereocenters. The molecule has 2 heterocycles. The van der Waals surface area contributed by atoms with Gasteiger partial charge in [0.2, 0.25) is 0 Å². The van der Waals surface area contributed by atoms with Crippen LogP contribution in [0, 0.1) is 11.3 Å². The summed E-state index contributed by atoms with van der Waals surface area (Å²) in [6.07, 6.45) is 4.22. The van der Waals surface area contributed by atoms with Gasteiger partial charge in [-0.25, -0.2) is 0 Å². The number of aromatic nitrogens is 1. The van der Waals surface area contributed by atoms with Gasteiger partial charge in [0.05, 0.1) is 5.52 Å². The minimum Gasteiger partial charge on any atom is -0.506 e. The van der Waals surface area contributed by atoms with E-state index in [1.165, 1.54) is 36.9 Å². The lowest BCUT2D eigenvalue weighted by atomic mass is 10.1. The van der Waals surface area contributed by atoms with Gasteiger partial charge in [0.15, 0.2) is 5.56 Å². The number of para-hydroxylation sites is 1. The van der Waals surface area contributed by atoms with Crippen LogP contribution in [0.1, 0.15) is 24.8 Å². The molecule has 2 aromatic rings. The van der Waals surface area contributed by atoms with E-state index in [1.807, 2.05) is 0 Å². The average Bonchev–Trinajstić information content (AvgIpc) is 2.56. The van der Waals surface area contributed by atoms with E-state index in [0.717, 1.165) is 0 Å². The zero-order valence-electron chi connectivity index (χ0n) is 12.1. The number of rotatable bonds is 0. The number of fused-ring (bicyclic) bond motifs is 1. The van der Waals surface area contributed by atoms with Gasteiger partial charge >= 0.3 is 0 Å².